The smallest absolute Gasteiger partial charge is 0.387 e. The monoisotopic (exact) mass is 481 g/mol. The Labute approximate surface area is 191 Å². The maximum Gasteiger partial charge on any atom is 0.387 e. The van der Waals surface area contributed by atoms with Gasteiger partial charge in [0.05, 0.1) is 24.5 Å². The summed E-state index contributed by atoms with van der Waals surface area (Å²) in [7, 11) is -3.76. The molecule has 0 fully saturated rings. The molecule has 178 valence electrons. The maximum atomic E-state index is 13.3. The number of hydrogen-bond acceptors (Lipinski definition) is 6. The SMILES string of the molecule is C=CCOCCOc1ccc2c(c1OC(F)F)-c1ccc(CS(N)(=O)=O)cc1C(CC=C)O2. The van der Waals surface area contributed by atoms with E-state index in [-0.39, 0.29) is 36.0 Å². The molecule has 1 unspecified atom stereocenters. The van der Waals surface area contributed by atoms with Crippen LogP contribution in [0.15, 0.2) is 55.6 Å². The number of rotatable bonds is 12. The average molecular weight is 482 g/mol. The number of primary sulfonamides is 1. The molecule has 1 atom stereocenters. The minimum absolute atomic E-state index is 0.0987. The Hall–Kier alpha value is -2.95. The van der Waals surface area contributed by atoms with Crippen LogP contribution >= 0.6 is 0 Å². The third kappa shape index (κ3) is 6.31. The summed E-state index contributed by atoms with van der Waals surface area (Å²) in [4.78, 5) is 0. The minimum atomic E-state index is -3.76. The molecule has 0 bridgehead atoms. The highest BCUT2D eigenvalue weighted by molar-refractivity contribution is 7.88. The van der Waals surface area contributed by atoms with Gasteiger partial charge in [-0.3, -0.25) is 0 Å². The zero-order chi connectivity index (χ0) is 24.0. The second kappa shape index (κ2) is 10.8. The van der Waals surface area contributed by atoms with Crippen molar-refractivity contribution in [3.8, 4) is 28.4 Å². The van der Waals surface area contributed by atoms with Crippen LogP contribution in [0, 0.1) is 0 Å². The van der Waals surface area contributed by atoms with Crippen molar-refractivity contribution in [2.75, 3.05) is 19.8 Å². The van der Waals surface area contributed by atoms with Crippen molar-refractivity contribution >= 4 is 10.0 Å². The number of nitrogens with two attached hydrogens (primary N) is 1. The van der Waals surface area contributed by atoms with E-state index in [0.29, 0.717) is 35.5 Å². The molecule has 0 amide bonds. The predicted octanol–water partition coefficient (Wildman–Crippen LogP) is 4.33. The van der Waals surface area contributed by atoms with Gasteiger partial charge in [0, 0.05) is 12.0 Å². The first-order chi connectivity index (χ1) is 15.7. The van der Waals surface area contributed by atoms with E-state index in [1.807, 2.05) is 0 Å². The van der Waals surface area contributed by atoms with Crippen molar-refractivity contribution in [3.05, 3.63) is 66.8 Å². The van der Waals surface area contributed by atoms with Crippen molar-refractivity contribution in [1.29, 1.82) is 0 Å². The molecule has 33 heavy (non-hydrogen) atoms. The van der Waals surface area contributed by atoms with Gasteiger partial charge >= 0.3 is 6.61 Å². The van der Waals surface area contributed by atoms with E-state index in [1.165, 1.54) is 6.07 Å². The summed E-state index contributed by atoms with van der Waals surface area (Å²) in [5, 5.41) is 5.18. The lowest BCUT2D eigenvalue weighted by molar-refractivity contribution is -0.0514. The molecule has 0 radical (unpaired) electrons. The molecule has 0 saturated carbocycles. The Bertz CT molecular complexity index is 1120. The first-order valence-electron chi connectivity index (χ1n) is 10.1. The van der Waals surface area contributed by atoms with Crippen LogP contribution in [0.3, 0.4) is 0 Å². The van der Waals surface area contributed by atoms with E-state index in [2.05, 4.69) is 13.2 Å². The third-order valence-electron chi connectivity index (χ3n) is 4.76. The van der Waals surface area contributed by atoms with E-state index in [1.54, 1.807) is 36.4 Å². The molecule has 0 saturated heterocycles. The van der Waals surface area contributed by atoms with Gasteiger partial charge in [-0.2, -0.15) is 8.78 Å². The molecule has 1 aliphatic heterocycles. The van der Waals surface area contributed by atoms with Gasteiger partial charge in [-0.05, 0) is 23.3 Å². The van der Waals surface area contributed by atoms with Crippen LogP contribution in [-0.2, 0) is 20.5 Å². The normalized spacial score (nSPS) is 14.7. The highest BCUT2D eigenvalue weighted by atomic mass is 32.2. The van der Waals surface area contributed by atoms with Crippen LogP contribution in [0.2, 0.25) is 0 Å². The zero-order valence-corrected chi connectivity index (χ0v) is 18.7. The molecule has 3 rings (SSSR count). The van der Waals surface area contributed by atoms with Gasteiger partial charge in [-0.1, -0.05) is 30.4 Å². The number of fused-ring (bicyclic) bond motifs is 3. The Morgan fingerprint density at radius 3 is 2.61 bits per heavy atom. The molecule has 2 aromatic rings. The second-order valence-corrected chi connectivity index (χ2v) is 8.83. The van der Waals surface area contributed by atoms with Crippen LogP contribution in [0.5, 0.6) is 17.2 Å². The molecule has 2 N–H and O–H groups in total. The fourth-order valence-electron chi connectivity index (χ4n) is 3.57. The summed E-state index contributed by atoms with van der Waals surface area (Å²) < 4.78 is 71.6. The Morgan fingerprint density at radius 1 is 1.15 bits per heavy atom. The van der Waals surface area contributed by atoms with Crippen molar-refractivity contribution < 1.29 is 36.1 Å². The van der Waals surface area contributed by atoms with Gasteiger partial charge in [0.25, 0.3) is 0 Å². The fraction of sp³-hybridized carbons (Fsp3) is 0.304. The standard InChI is InChI=1S/C23H25F2NO6S/c1-3-5-18-17-13-15(14-33(26,27)28)6-7-16(17)21-19(31-18)8-9-20(22(21)32-23(24)25)30-12-11-29-10-4-2/h3-4,6-9,13,18,23H,1-2,5,10-12,14H2,(H2,26,27,28). The van der Waals surface area contributed by atoms with E-state index in [4.69, 9.17) is 24.1 Å². The molecule has 10 heteroatoms. The molecule has 1 aliphatic rings. The number of sulfonamides is 1. The van der Waals surface area contributed by atoms with E-state index < -0.39 is 22.7 Å². The van der Waals surface area contributed by atoms with Crippen molar-refractivity contribution in [2.24, 2.45) is 5.14 Å². The lowest BCUT2D eigenvalue weighted by Crippen LogP contribution is -2.18. The molecule has 7 nitrogen and oxygen atoms in total. The quantitative estimate of drug-likeness (QED) is 0.358. The number of ether oxygens (including phenoxy) is 4. The van der Waals surface area contributed by atoms with Crippen molar-refractivity contribution in [1.82, 2.24) is 0 Å². The fourth-order valence-corrected chi connectivity index (χ4v) is 4.21. The van der Waals surface area contributed by atoms with Crippen molar-refractivity contribution in [2.45, 2.75) is 24.9 Å². The van der Waals surface area contributed by atoms with Crippen LogP contribution < -0.4 is 19.3 Å². The maximum absolute atomic E-state index is 13.3. The lowest BCUT2D eigenvalue weighted by Gasteiger charge is -2.30. The van der Waals surface area contributed by atoms with Crippen LogP contribution in [0.1, 0.15) is 23.7 Å². The number of halogens is 2. The molecule has 0 aromatic heterocycles. The molecule has 1 heterocycles. The first kappa shape index (κ1) is 24.7. The van der Waals surface area contributed by atoms with Gasteiger partial charge in [0.15, 0.2) is 11.5 Å². The topological polar surface area (TPSA) is 97.1 Å². The largest absolute Gasteiger partial charge is 0.487 e. The molecular weight excluding hydrogens is 456 g/mol. The minimum Gasteiger partial charge on any atom is -0.487 e. The van der Waals surface area contributed by atoms with E-state index in [0.717, 1.165) is 0 Å². The Kier molecular flexibility index (Phi) is 8.06. The van der Waals surface area contributed by atoms with Gasteiger partial charge in [0.2, 0.25) is 10.0 Å². The zero-order valence-electron chi connectivity index (χ0n) is 17.8. The predicted molar refractivity (Wildman–Crippen MR) is 120 cm³/mol. The lowest BCUT2D eigenvalue weighted by atomic mass is 9.89. The highest BCUT2D eigenvalue weighted by Crippen LogP contribution is 2.52. The number of alkyl halides is 2. The summed E-state index contributed by atoms with van der Waals surface area (Å²) in [5.74, 6) is -0.118. The van der Waals surface area contributed by atoms with Crippen LogP contribution in [0.4, 0.5) is 8.78 Å². The number of benzene rings is 2. The first-order valence-corrected chi connectivity index (χ1v) is 11.8. The summed E-state index contributed by atoms with van der Waals surface area (Å²) in [6, 6.07) is 7.97. The van der Waals surface area contributed by atoms with Gasteiger partial charge in [0.1, 0.15) is 18.5 Å². The van der Waals surface area contributed by atoms with Crippen LogP contribution in [-0.4, -0.2) is 34.8 Å². The van der Waals surface area contributed by atoms with Crippen LogP contribution in [0.25, 0.3) is 11.1 Å². The van der Waals surface area contributed by atoms with Crippen molar-refractivity contribution in [3.63, 3.8) is 0 Å². The molecule has 0 spiro atoms. The molecular formula is C23H25F2NO6S. The van der Waals surface area contributed by atoms with Gasteiger partial charge < -0.3 is 18.9 Å². The highest BCUT2D eigenvalue weighted by Gasteiger charge is 2.31. The number of hydrogen-bond donors (Lipinski definition) is 1. The molecule has 2 aromatic carbocycles. The second-order valence-electron chi connectivity index (χ2n) is 7.22. The summed E-state index contributed by atoms with van der Waals surface area (Å²) >= 11 is 0. The summed E-state index contributed by atoms with van der Waals surface area (Å²) in [5.41, 5.74) is 1.90. The van der Waals surface area contributed by atoms with E-state index >= 15 is 0 Å². The Balaban J connectivity index is 2.07. The third-order valence-corrected chi connectivity index (χ3v) is 5.50. The average Bonchev–Trinajstić information content (AvgIpc) is 2.73. The summed E-state index contributed by atoms with van der Waals surface area (Å²) in [6.07, 6.45) is 3.16. The summed E-state index contributed by atoms with van der Waals surface area (Å²) in [6.45, 7) is 4.84. The van der Waals surface area contributed by atoms with Gasteiger partial charge in [-0.25, -0.2) is 13.6 Å². The van der Waals surface area contributed by atoms with Gasteiger partial charge in [-0.15, -0.1) is 13.2 Å². The van der Waals surface area contributed by atoms with E-state index in [9.17, 15) is 17.2 Å². The molecule has 0 aliphatic carbocycles. The Morgan fingerprint density at radius 2 is 1.94 bits per heavy atom.